The van der Waals surface area contributed by atoms with Gasteiger partial charge in [0, 0.05) is 17.2 Å². The summed E-state index contributed by atoms with van der Waals surface area (Å²) >= 11 is 11.8. The van der Waals surface area contributed by atoms with Crippen LogP contribution in [0.2, 0.25) is 10.0 Å². The molecule has 0 aromatic heterocycles. The second kappa shape index (κ2) is 11.3. The number of hydrazone groups is 1. The second-order valence-electron chi connectivity index (χ2n) is 6.66. The van der Waals surface area contributed by atoms with Gasteiger partial charge in [-0.2, -0.15) is 5.10 Å². The van der Waals surface area contributed by atoms with Crippen LogP contribution in [0.25, 0.3) is 0 Å². The van der Waals surface area contributed by atoms with E-state index in [0.29, 0.717) is 17.2 Å². The number of halogens is 2. The van der Waals surface area contributed by atoms with E-state index in [9.17, 15) is 19.7 Å². The van der Waals surface area contributed by atoms with Gasteiger partial charge in [0.1, 0.15) is 0 Å². The van der Waals surface area contributed by atoms with Gasteiger partial charge in [-0.05, 0) is 61.0 Å². The molecule has 3 aromatic rings. The number of hydrogen-bond acceptors (Lipinski definition) is 7. The Balaban J connectivity index is 1.71. The van der Waals surface area contributed by atoms with Crippen molar-refractivity contribution < 1.29 is 24.0 Å². The normalized spacial score (nSPS) is 10.7. The van der Waals surface area contributed by atoms with Crippen molar-refractivity contribution in [1.82, 2.24) is 5.43 Å². The molecule has 0 atom stereocenters. The highest BCUT2D eigenvalue weighted by atomic mass is 35.5. The zero-order valence-corrected chi connectivity index (χ0v) is 19.2. The number of carbonyl (C=O) groups excluding carboxylic acids is 2. The Morgan fingerprint density at radius 3 is 2.44 bits per heavy atom. The minimum Gasteiger partial charge on any atom is -0.490 e. The fraction of sp³-hybridized carbons (Fsp3) is 0.0870. The predicted octanol–water partition coefficient (Wildman–Crippen LogP) is 5.28. The number of amides is 1. The number of nitro benzene ring substituents is 1. The number of benzene rings is 3. The summed E-state index contributed by atoms with van der Waals surface area (Å²) in [5.41, 5.74) is 3.14. The Kier molecular flexibility index (Phi) is 8.18. The molecule has 174 valence electrons. The maximum absolute atomic E-state index is 12.4. The fourth-order valence-corrected chi connectivity index (χ4v) is 3.23. The van der Waals surface area contributed by atoms with Gasteiger partial charge in [-0.3, -0.25) is 14.9 Å². The number of non-ortho nitro benzene ring substituents is 1. The minimum atomic E-state index is -0.704. The van der Waals surface area contributed by atoms with Gasteiger partial charge in [-0.15, -0.1) is 0 Å². The molecule has 0 bridgehead atoms. The van der Waals surface area contributed by atoms with Gasteiger partial charge in [0.25, 0.3) is 11.6 Å². The summed E-state index contributed by atoms with van der Waals surface area (Å²) in [7, 11) is 0. The highest BCUT2D eigenvalue weighted by molar-refractivity contribution is 6.36. The molecule has 0 spiro atoms. The van der Waals surface area contributed by atoms with E-state index in [4.69, 9.17) is 32.7 Å². The van der Waals surface area contributed by atoms with Gasteiger partial charge in [-0.25, -0.2) is 10.2 Å². The molecule has 0 saturated carbocycles. The Labute approximate surface area is 204 Å². The highest BCUT2D eigenvalue weighted by Crippen LogP contribution is 2.29. The molecule has 9 nitrogen and oxygen atoms in total. The average molecular weight is 502 g/mol. The highest BCUT2D eigenvalue weighted by Gasteiger charge is 2.15. The first-order valence-electron chi connectivity index (χ1n) is 9.80. The largest absolute Gasteiger partial charge is 0.490 e. The van der Waals surface area contributed by atoms with Gasteiger partial charge in [0.2, 0.25) is 0 Å². The van der Waals surface area contributed by atoms with E-state index in [1.54, 1.807) is 19.1 Å². The molecule has 1 amide bonds. The first-order chi connectivity index (χ1) is 16.3. The second-order valence-corrected chi connectivity index (χ2v) is 7.50. The summed E-state index contributed by atoms with van der Waals surface area (Å²) in [5.74, 6) is -0.797. The van der Waals surface area contributed by atoms with E-state index in [-0.39, 0.29) is 33.3 Å². The fourth-order valence-electron chi connectivity index (χ4n) is 2.73. The monoisotopic (exact) mass is 501 g/mol. The minimum absolute atomic E-state index is 0.138. The average Bonchev–Trinajstić information content (AvgIpc) is 2.80. The lowest BCUT2D eigenvalue weighted by Crippen LogP contribution is -2.18. The molecule has 1 N–H and O–H groups in total. The van der Waals surface area contributed by atoms with Gasteiger partial charge < -0.3 is 9.47 Å². The van der Waals surface area contributed by atoms with Crippen molar-refractivity contribution in [2.75, 3.05) is 6.61 Å². The number of esters is 1. The van der Waals surface area contributed by atoms with Crippen LogP contribution in [0.4, 0.5) is 5.69 Å². The number of ether oxygens (including phenoxy) is 2. The number of rotatable bonds is 8. The molecule has 0 unspecified atom stereocenters. The van der Waals surface area contributed by atoms with E-state index >= 15 is 0 Å². The Morgan fingerprint density at radius 1 is 1.06 bits per heavy atom. The summed E-state index contributed by atoms with van der Waals surface area (Å²) in [6.07, 6.45) is 1.38. The summed E-state index contributed by atoms with van der Waals surface area (Å²) < 4.78 is 10.9. The summed E-state index contributed by atoms with van der Waals surface area (Å²) in [6, 6.07) is 14.2. The molecule has 0 saturated heterocycles. The van der Waals surface area contributed by atoms with Gasteiger partial charge in [0.05, 0.1) is 33.9 Å². The summed E-state index contributed by atoms with van der Waals surface area (Å²) in [4.78, 5) is 34.9. The Hall–Kier alpha value is -3.95. The molecule has 3 rings (SSSR count). The number of nitro groups is 1. The lowest BCUT2D eigenvalue weighted by Gasteiger charge is -2.11. The van der Waals surface area contributed by atoms with Gasteiger partial charge >= 0.3 is 5.97 Å². The molecule has 0 fully saturated rings. The van der Waals surface area contributed by atoms with Crippen LogP contribution in [0.15, 0.2) is 65.8 Å². The van der Waals surface area contributed by atoms with Crippen LogP contribution >= 0.6 is 23.2 Å². The van der Waals surface area contributed by atoms with Crippen LogP contribution in [0.5, 0.6) is 11.5 Å². The lowest BCUT2D eigenvalue weighted by atomic mass is 10.2. The molecule has 0 radical (unpaired) electrons. The van der Waals surface area contributed by atoms with Crippen molar-refractivity contribution in [2.24, 2.45) is 5.10 Å². The third-order valence-electron chi connectivity index (χ3n) is 4.34. The molecule has 0 aliphatic rings. The zero-order valence-electron chi connectivity index (χ0n) is 17.7. The van der Waals surface area contributed by atoms with E-state index in [1.807, 2.05) is 0 Å². The SMILES string of the molecule is CCOc1cc(/C=N/NC(=O)c2ccc(Cl)cc2Cl)ccc1OC(=O)c1ccc([N+](=O)[O-])cc1. The van der Waals surface area contributed by atoms with Gasteiger partial charge in [-0.1, -0.05) is 23.2 Å². The molecule has 0 heterocycles. The van der Waals surface area contributed by atoms with Crippen LogP contribution < -0.4 is 14.9 Å². The maximum atomic E-state index is 12.4. The number of nitrogens with zero attached hydrogens (tertiary/aromatic N) is 2. The zero-order chi connectivity index (χ0) is 24.7. The van der Waals surface area contributed by atoms with Crippen LogP contribution in [0, 0.1) is 10.1 Å². The van der Waals surface area contributed by atoms with Crippen LogP contribution in [0.1, 0.15) is 33.2 Å². The molecular weight excluding hydrogens is 485 g/mol. The van der Waals surface area contributed by atoms with Crippen molar-refractivity contribution in [1.29, 1.82) is 0 Å². The summed E-state index contributed by atoms with van der Waals surface area (Å²) in [5, 5.41) is 15.3. The lowest BCUT2D eigenvalue weighted by molar-refractivity contribution is -0.384. The number of nitrogens with one attached hydrogen (secondary N) is 1. The molecular formula is C23H17Cl2N3O6. The van der Waals surface area contributed by atoms with E-state index in [1.165, 1.54) is 54.7 Å². The van der Waals surface area contributed by atoms with Crippen molar-refractivity contribution in [3.05, 3.63) is 97.5 Å². The molecule has 0 aliphatic heterocycles. The first-order valence-corrected chi connectivity index (χ1v) is 10.6. The predicted molar refractivity (Wildman–Crippen MR) is 127 cm³/mol. The maximum Gasteiger partial charge on any atom is 0.343 e. The first kappa shape index (κ1) is 24.7. The third-order valence-corrected chi connectivity index (χ3v) is 4.89. The van der Waals surface area contributed by atoms with Crippen LogP contribution in [-0.2, 0) is 0 Å². The van der Waals surface area contributed by atoms with Crippen molar-refractivity contribution in [3.8, 4) is 11.5 Å². The Morgan fingerprint density at radius 2 is 1.79 bits per heavy atom. The Bertz CT molecular complexity index is 1260. The topological polar surface area (TPSA) is 120 Å². The smallest absolute Gasteiger partial charge is 0.343 e. The third kappa shape index (κ3) is 6.31. The molecule has 34 heavy (non-hydrogen) atoms. The standard InChI is InChI=1S/C23H17Cl2N3O6/c1-2-33-21-11-14(13-26-27-22(29)18-9-6-16(24)12-19(18)25)3-10-20(21)34-23(30)15-4-7-17(8-5-15)28(31)32/h3-13H,2H2,1H3,(H,27,29)/b26-13+. The van der Waals surface area contributed by atoms with Gasteiger partial charge in [0.15, 0.2) is 11.5 Å². The number of hydrogen-bond donors (Lipinski definition) is 1. The quantitative estimate of drug-likeness (QED) is 0.147. The van der Waals surface area contributed by atoms with Crippen LogP contribution in [0.3, 0.4) is 0 Å². The van der Waals surface area contributed by atoms with E-state index < -0.39 is 16.8 Å². The van der Waals surface area contributed by atoms with Crippen molar-refractivity contribution in [3.63, 3.8) is 0 Å². The van der Waals surface area contributed by atoms with E-state index in [2.05, 4.69) is 10.5 Å². The molecule has 0 aliphatic carbocycles. The van der Waals surface area contributed by atoms with Crippen molar-refractivity contribution in [2.45, 2.75) is 6.92 Å². The van der Waals surface area contributed by atoms with E-state index in [0.717, 1.165) is 0 Å². The molecule has 11 heteroatoms. The number of carbonyl (C=O) groups is 2. The van der Waals surface area contributed by atoms with Crippen molar-refractivity contribution >= 4 is 47.0 Å². The summed E-state index contributed by atoms with van der Waals surface area (Å²) in [6.45, 7) is 2.06. The molecule has 3 aromatic carbocycles. The van der Waals surface area contributed by atoms with Crippen LogP contribution in [-0.4, -0.2) is 29.6 Å².